The highest BCUT2D eigenvalue weighted by Crippen LogP contribution is 2.41. The lowest BCUT2D eigenvalue weighted by atomic mass is 9.87. The summed E-state index contributed by atoms with van der Waals surface area (Å²) in [5, 5.41) is 0. The van der Waals surface area contributed by atoms with Gasteiger partial charge >= 0.3 is 0 Å². The Labute approximate surface area is 98.7 Å². The van der Waals surface area contributed by atoms with Crippen LogP contribution in [0, 0.1) is 0 Å². The molecule has 0 spiro atoms. The first kappa shape index (κ1) is 10.8. The molecule has 3 heteroatoms. The molecular formula is C12H15BrO2. The summed E-state index contributed by atoms with van der Waals surface area (Å²) in [7, 11) is 0. The molecule has 1 aromatic carbocycles. The second-order valence-corrected chi connectivity index (χ2v) is 5.59. The summed E-state index contributed by atoms with van der Waals surface area (Å²) in [5.74, 6) is 1.68. The van der Waals surface area contributed by atoms with Crippen LogP contribution in [0.25, 0.3) is 0 Å². The van der Waals surface area contributed by atoms with Crippen molar-refractivity contribution in [2.45, 2.75) is 26.2 Å². The van der Waals surface area contributed by atoms with Crippen molar-refractivity contribution in [2.24, 2.45) is 0 Å². The van der Waals surface area contributed by atoms with Gasteiger partial charge in [0, 0.05) is 0 Å². The molecule has 0 saturated heterocycles. The summed E-state index contributed by atoms with van der Waals surface area (Å²) in [4.78, 5) is 0. The Morgan fingerprint density at radius 1 is 1.13 bits per heavy atom. The van der Waals surface area contributed by atoms with E-state index in [0.717, 1.165) is 16.0 Å². The lowest BCUT2D eigenvalue weighted by molar-refractivity contribution is 0.170. The van der Waals surface area contributed by atoms with Gasteiger partial charge in [-0.3, -0.25) is 0 Å². The van der Waals surface area contributed by atoms with Crippen molar-refractivity contribution < 1.29 is 9.47 Å². The summed E-state index contributed by atoms with van der Waals surface area (Å²) in [6, 6.07) is 4.17. The fraction of sp³-hybridized carbons (Fsp3) is 0.500. The summed E-state index contributed by atoms with van der Waals surface area (Å²) < 4.78 is 12.1. The van der Waals surface area contributed by atoms with Crippen LogP contribution in [0.3, 0.4) is 0 Å². The highest BCUT2D eigenvalue weighted by Gasteiger charge is 2.21. The van der Waals surface area contributed by atoms with Crippen molar-refractivity contribution in [3.8, 4) is 11.5 Å². The van der Waals surface area contributed by atoms with E-state index in [1.54, 1.807) is 0 Å². The van der Waals surface area contributed by atoms with Crippen molar-refractivity contribution in [3.05, 3.63) is 22.2 Å². The normalized spacial score (nSPS) is 15.2. The van der Waals surface area contributed by atoms with E-state index in [1.807, 2.05) is 0 Å². The van der Waals surface area contributed by atoms with Gasteiger partial charge in [-0.1, -0.05) is 20.8 Å². The van der Waals surface area contributed by atoms with Crippen molar-refractivity contribution in [1.29, 1.82) is 0 Å². The van der Waals surface area contributed by atoms with Crippen LogP contribution in [0.4, 0.5) is 0 Å². The van der Waals surface area contributed by atoms with Gasteiger partial charge in [0.05, 0.1) is 4.47 Å². The molecule has 0 radical (unpaired) electrons. The molecule has 82 valence electrons. The Balaban J connectivity index is 2.50. The molecule has 0 atom stereocenters. The van der Waals surface area contributed by atoms with Crippen LogP contribution in [0.15, 0.2) is 16.6 Å². The summed E-state index contributed by atoms with van der Waals surface area (Å²) in [6.07, 6.45) is 0. The van der Waals surface area contributed by atoms with Crippen LogP contribution in [0.2, 0.25) is 0 Å². The second-order valence-electron chi connectivity index (χ2n) is 4.73. The molecule has 0 N–H and O–H groups in total. The quantitative estimate of drug-likeness (QED) is 0.718. The Morgan fingerprint density at radius 2 is 1.80 bits per heavy atom. The molecule has 1 heterocycles. The van der Waals surface area contributed by atoms with Gasteiger partial charge in [0.1, 0.15) is 13.2 Å². The average Bonchev–Trinajstić information content (AvgIpc) is 2.16. The average molecular weight is 271 g/mol. The summed E-state index contributed by atoms with van der Waals surface area (Å²) in [6.45, 7) is 7.81. The van der Waals surface area contributed by atoms with E-state index in [1.165, 1.54) is 5.56 Å². The molecule has 0 amide bonds. The van der Waals surface area contributed by atoms with E-state index in [0.29, 0.717) is 13.2 Å². The SMILES string of the molecule is CC(C)(C)c1cc(Br)c2c(c1)OCCO2. The zero-order valence-electron chi connectivity index (χ0n) is 9.26. The topological polar surface area (TPSA) is 18.5 Å². The van der Waals surface area contributed by atoms with E-state index in [-0.39, 0.29) is 5.41 Å². The van der Waals surface area contributed by atoms with Gasteiger partial charge in [-0.15, -0.1) is 0 Å². The number of rotatable bonds is 0. The molecule has 0 aromatic heterocycles. The minimum Gasteiger partial charge on any atom is -0.486 e. The van der Waals surface area contributed by atoms with Crippen molar-refractivity contribution in [2.75, 3.05) is 13.2 Å². The Morgan fingerprint density at radius 3 is 2.47 bits per heavy atom. The molecule has 0 unspecified atom stereocenters. The first-order valence-electron chi connectivity index (χ1n) is 5.08. The minimum atomic E-state index is 0.123. The number of ether oxygens (including phenoxy) is 2. The molecule has 0 bridgehead atoms. The van der Waals surface area contributed by atoms with Gasteiger partial charge in [0.15, 0.2) is 11.5 Å². The smallest absolute Gasteiger partial charge is 0.175 e. The number of hydrogen-bond acceptors (Lipinski definition) is 2. The number of benzene rings is 1. The maximum absolute atomic E-state index is 5.59. The molecule has 1 aromatic rings. The predicted octanol–water partition coefficient (Wildman–Crippen LogP) is 3.52. The molecule has 2 nitrogen and oxygen atoms in total. The minimum absolute atomic E-state index is 0.123. The van der Waals surface area contributed by atoms with Gasteiger partial charge < -0.3 is 9.47 Å². The van der Waals surface area contributed by atoms with E-state index in [2.05, 4.69) is 48.8 Å². The predicted molar refractivity (Wildman–Crippen MR) is 63.8 cm³/mol. The van der Waals surface area contributed by atoms with Gasteiger partial charge in [0.2, 0.25) is 0 Å². The van der Waals surface area contributed by atoms with Crippen molar-refractivity contribution in [1.82, 2.24) is 0 Å². The molecule has 15 heavy (non-hydrogen) atoms. The van der Waals surface area contributed by atoms with Gasteiger partial charge in [0.25, 0.3) is 0 Å². The van der Waals surface area contributed by atoms with Crippen LogP contribution in [-0.2, 0) is 5.41 Å². The van der Waals surface area contributed by atoms with Crippen LogP contribution < -0.4 is 9.47 Å². The lowest BCUT2D eigenvalue weighted by Crippen LogP contribution is -2.18. The van der Waals surface area contributed by atoms with E-state index in [9.17, 15) is 0 Å². The van der Waals surface area contributed by atoms with Gasteiger partial charge in [-0.2, -0.15) is 0 Å². The zero-order valence-corrected chi connectivity index (χ0v) is 10.8. The molecule has 1 aliphatic rings. The zero-order chi connectivity index (χ0) is 11.1. The molecular weight excluding hydrogens is 256 g/mol. The largest absolute Gasteiger partial charge is 0.486 e. The van der Waals surface area contributed by atoms with Crippen LogP contribution in [0.5, 0.6) is 11.5 Å². The monoisotopic (exact) mass is 270 g/mol. The maximum Gasteiger partial charge on any atom is 0.175 e. The molecule has 2 rings (SSSR count). The molecule has 0 aliphatic carbocycles. The molecule has 0 saturated carbocycles. The second kappa shape index (κ2) is 3.71. The summed E-state index contributed by atoms with van der Waals surface area (Å²) >= 11 is 3.52. The van der Waals surface area contributed by atoms with E-state index in [4.69, 9.17) is 9.47 Å². The lowest BCUT2D eigenvalue weighted by Gasteiger charge is -2.25. The van der Waals surface area contributed by atoms with Crippen LogP contribution in [0.1, 0.15) is 26.3 Å². The molecule has 1 aliphatic heterocycles. The third-order valence-electron chi connectivity index (χ3n) is 2.46. The van der Waals surface area contributed by atoms with Gasteiger partial charge in [-0.05, 0) is 39.0 Å². The van der Waals surface area contributed by atoms with E-state index < -0.39 is 0 Å². The fourth-order valence-electron chi connectivity index (χ4n) is 1.54. The fourth-order valence-corrected chi connectivity index (χ4v) is 2.10. The van der Waals surface area contributed by atoms with E-state index >= 15 is 0 Å². The third kappa shape index (κ3) is 2.12. The van der Waals surface area contributed by atoms with Crippen molar-refractivity contribution in [3.63, 3.8) is 0 Å². The third-order valence-corrected chi connectivity index (χ3v) is 3.05. The van der Waals surface area contributed by atoms with Gasteiger partial charge in [-0.25, -0.2) is 0 Å². The number of halogens is 1. The highest BCUT2D eigenvalue weighted by atomic mass is 79.9. The molecule has 0 fully saturated rings. The van der Waals surface area contributed by atoms with Crippen LogP contribution in [-0.4, -0.2) is 13.2 Å². The first-order valence-corrected chi connectivity index (χ1v) is 5.87. The maximum atomic E-state index is 5.59. The Kier molecular flexibility index (Phi) is 2.67. The first-order chi connectivity index (χ1) is 6.98. The van der Waals surface area contributed by atoms with Crippen molar-refractivity contribution >= 4 is 15.9 Å². The Bertz CT molecular complexity index is 380. The number of hydrogen-bond donors (Lipinski definition) is 0. The Hall–Kier alpha value is -0.700. The highest BCUT2D eigenvalue weighted by molar-refractivity contribution is 9.10. The van der Waals surface area contributed by atoms with Crippen LogP contribution >= 0.6 is 15.9 Å². The standard InChI is InChI=1S/C12H15BrO2/c1-12(2,3)8-6-9(13)11-10(7-8)14-4-5-15-11/h6-7H,4-5H2,1-3H3. The summed E-state index contributed by atoms with van der Waals surface area (Å²) in [5.41, 5.74) is 1.37. The number of fused-ring (bicyclic) bond motifs is 1.